The summed E-state index contributed by atoms with van der Waals surface area (Å²) < 4.78 is 3.90. The average Bonchev–Trinajstić information content (AvgIpc) is 2.79. The van der Waals surface area contributed by atoms with Crippen LogP contribution in [0.15, 0.2) is 5.38 Å². The van der Waals surface area contributed by atoms with Crippen LogP contribution < -0.4 is 5.32 Å². The first-order chi connectivity index (χ1) is 6.81. The van der Waals surface area contributed by atoms with E-state index in [2.05, 4.69) is 34.3 Å². The SMILES string of the molecule is CNC1CCC(Cc2csnn2)C1C. The topological polar surface area (TPSA) is 37.8 Å². The predicted molar refractivity (Wildman–Crippen MR) is 58.3 cm³/mol. The van der Waals surface area contributed by atoms with E-state index in [4.69, 9.17) is 0 Å². The molecule has 3 nitrogen and oxygen atoms in total. The number of hydrogen-bond acceptors (Lipinski definition) is 4. The van der Waals surface area contributed by atoms with Crippen molar-refractivity contribution in [2.75, 3.05) is 7.05 Å². The molecule has 14 heavy (non-hydrogen) atoms. The molecule has 1 N–H and O–H groups in total. The van der Waals surface area contributed by atoms with E-state index in [1.54, 1.807) is 0 Å². The van der Waals surface area contributed by atoms with Crippen LogP contribution in [-0.4, -0.2) is 22.7 Å². The second-order valence-corrected chi connectivity index (χ2v) is 4.80. The van der Waals surface area contributed by atoms with E-state index in [1.807, 2.05) is 0 Å². The van der Waals surface area contributed by atoms with Gasteiger partial charge in [-0.25, -0.2) is 0 Å². The maximum Gasteiger partial charge on any atom is 0.0758 e. The maximum atomic E-state index is 4.11. The summed E-state index contributed by atoms with van der Waals surface area (Å²) in [6, 6.07) is 0.701. The molecule has 3 atom stereocenters. The van der Waals surface area contributed by atoms with Crippen molar-refractivity contribution in [1.82, 2.24) is 14.9 Å². The van der Waals surface area contributed by atoms with Crippen molar-refractivity contribution in [3.05, 3.63) is 11.1 Å². The lowest BCUT2D eigenvalue weighted by atomic mass is 9.92. The van der Waals surface area contributed by atoms with Crippen molar-refractivity contribution in [3.8, 4) is 0 Å². The van der Waals surface area contributed by atoms with E-state index >= 15 is 0 Å². The van der Waals surface area contributed by atoms with Crippen LogP contribution in [0.25, 0.3) is 0 Å². The van der Waals surface area contributed by atoms with Crippen molar-refractivity contribution in [1.29, 1.82) is 0 Å². The fraction of sp³-hybridized carbons (Fsp3) is 0.800. The van der Waals surface area contributed by atoms with E-state index in [1.165, 1.54) is 30.1 Å². The zero-order chi connectivity index (χ0) is 9.97. The van der Waals surface area contributed by atoms with Gasteiger partial charge >= 0.3 is 0 Å². The van der Waals surface area contributed by atoms with E-state index < -0.39 is 0 Å². The molecule has 3 unspecified atom stereocenters. The fourth-order valence-corrected chi connectivity index (χ4v) is 2.95. The van der Waals surface area contributed by atoms with Crippen LogP contribution in [-0.2, 0) is 6.42 Å². The van der Waals surface area contributed by atoms with Gasteiger partial charge in [0.15, 0.2) is 0 Å². The second-order valence-electron chi connectivity index (χ2n) is 4.19. The van der Waals surface area contributed by atoms with Gasteiger partial charge in [-0.3, -0.25) is 0 Å². The number of nitrogens with zero attached hydrogens (tertiary/aromatic N) is 2. The molecule has 1 saturated carbocycles. The normalized spacial score (nSPS) is 32.3. The molecule has 78 valence electrons. The molecule has 0 bridgehead atoms. The van der Waals surface area contributed by atoms with Gasteiger partial charge in [0.25, 0.3) is 0 Å². The van der Waals surface area contributed by atoms with E-state index in [9.17, 15) is 0 Å². The number of nitrogens with one attached hydrogen (secondary N) is 1. The Morgan fingerprint density at radius 1 is 1.57 bits per heavy atom. The maximum absolute atomic E-state index is 4.11. The van der Waals surface area contributed by atoms with Crippen molar-refractivity contribution < 1.29 is 0 Å². The summed E-state index contributed by atoms with van der Waals surface area (Å²) in [4.78, 5) is 0. The molecular weight excluding hydrogens is 194 g/mol. The smallest absolute Gasteiger partial charge is 0.0758 e. The third-order valence-electron chi connectivity index (χ3n) is 3.47. The number of aromatic nitrogens is 2. The van der Waals surface area contributed by atoms with Gasteiger partial charge in [0, 0.05) is 11.4 Å². The third kappa shape index (κ3) is 1.96. The number of rotatable bonds is 3. The Morgan fingerprint density at radius 3 is 3.00 bits per heavy atom. The van der Waals surface area contributed by atoms with Gasteiger partial charge in [-0.2, -0.15) is 0 Å². The molecule has 2 rings (SSSR count). The van der Waals surface area contributed by atoms with Crippen LogP contribution in [0.2, 0.25) is 0 Å². The van der Waals surface area contributed by atoms with Crippen LogP contribution in [0.1, 0.15) is 25.5 Å². The molecule has 0 amide bonds. The summed E-state index contributed by atoms with van der Waals surface area (Å²) in [6.07, 6.45) is 3.74. The van der Waals surface area contributed by atoms with E-state index in [0.717, 1.165) is 18.3 Å². The lowest BCUT2D eigenvalue weighted by Gasteiger charge is -2.19. The molecule has 1 aromatic heterocycles. The van der Waals surface area contributed by atoms with Crippen molar-refractivity contribution in [2.24, 2.45) is 11.8 Å². The quantitative estimate of drug-likeness (QED) is 0.827. The standard InChI is InChI=1S/C10H17N3S/c1-7-8(3-4-10(7)11-2)5-9-6-14-13-12-9/h6-8,10-11H,3-5H2,1-2H3. The molecule has 0 spiro atoms. The summed E-state index contributed by atoms with van der Waals surface area (Å²) in [6.45, 7) is 2.35. The zero-order valence-electron chi connectivity index (χ0n) is 8.73. The lowest BCUT2D eigenvalue weighted by Crippen LogP contribution is -2.29. The van der Waals surface area contributed by atoms with E-state index in [0.29, 0.717) is 6.04 Å². The second kappa shape index (κ2) is 4.36. The van der Waals surface area contributed by atoms with Crippen LogP contribution in [0, 0.1) is 11.8 Å². The Bertz CT molecular complexity index is 273. The van der Waals surface area contributed by atoms with Gasteiger partial charge in [-0.1, -0.05) is 11.4 Å². The molecular formula is C10H17N3S. The molecule has 1 aromatic rings. The van der Waals surface area contributed by atoms with Crippen molar-refractivity contribution in [2.45, 2.75) is 32.2 Å². The summed E-state index contributed by atoms with van der Waals surface area (Å²) >= 11 is 1.45. The minimum atomic E-state index is 0.701. The Kier molecular flexibility index (Phi) is 3.13. The Hall–Kier alpha value is -0.480. The molecule has 1 heterocycles. The van der Waals surface area contributed by atoms with Crippen LogP contribution in [0.5, 0.6) is 0 Å². The van der Waals surface area contributed by atoms with Crippen molar-refractivity contribution in [3.63, 3.8) is 0 Å². The molecule has 0 aromatic carbocycles. The van der Waals surface area contributed by atoms with Gasteiger partial charge < -0.3 is 5.32 Å². The van der Waals surface area contributed by atoms with Crippen LogP contribution in [0.3, 0.4) is 0 Å². The van der Waals surface area contributed by atoms with Gasteiger partial charge in [-0.05, 0) is 49.7 Å². The average molecular weight is 211 g/mol. The van der Waals surface area contributed by atoms with Gasteiger partial charge in [0.2, 0.25) is 0 Å². The fourth-order valence-electron chi connectivity index (χ4n) is 2.48. The lowest BCUT2D eigenvalue weighted by molar-refractivity contribution is 0.362. The van der Waals surface area contributed by atoms with E-state index in [-0.39, 0.29) is 0 Å². The molecule has 1 aliphatic rings. The highest BCUT2D eigenvalue weighted by Crippen LogP contribution is 2.33. The molecule has 1 aliphatic carbocycles. The first kappa shape index (κ1) is 10.1. The Labute approximate surface area is 89.1 Å². The van der Waals surface area contributed by atoms with Crippen LogP contribution in [0.4, 0.5) is 0 Å². The highest BCUT2D eigenvalue weighted by Gasteiger charge is 2.31. The molecule has 1 fully saturated rings. The Morgan fingerprint density at radius 2 is 2.43 bits per heavy atom. The van der Waals surface area contributed by atoms with Crippen LogP contribution >= 0.6 is 11.5 Å². The molecule has 0 saturated heterocycles. The highest BCUT2D eigenvalue weighted by molar-refractivity contribution is 7.03. The summed E-state index contributed by atoms with van der Waals surface area (Å²) in [5, 5.41) is 9.57. The molecule has 0 radical (unpaired) electrons. The minimum absolute atomic E-state index is 0.701. The largest absolute Gasteiger partial charge is 0.317 e. The van der Waals surface area contributed by atoms with Gasteiger partial charge in [0.1, 0.15) is 0 Å². The number of hydrogen-bond donors (Lipinski definition) is 1. The predicted octanol–water partition coefficient (Wildman–Crippen LogP) is 1.71. The third-order valence-corrected chi connectivity index (χ3v) is 4.03. The highest BCUT2D eigenvalue weighted by atomic mass is 32.1. The van der Waals surface area contributed by atoms with Crippen molar-refractivity contribution >= 4 is 11.5 Å². The summed E-state index contributed by atoms with van der Waals surface area (Å²) in [5.74, 6) is 1.55. The van der Waals surface area contributed by atoms with Gasteiger partial charge in [-0.15, -0.1) is 5.10 Å². The molecule has 4 heteroatoms. The summed E-state index contributed by atoms with van der Waals surface area (Å²) in [5.41, 5.74) is 1.17. The monoisotopic (exact) mass is 211 g/mol. The summed E-state index contributed by atoms with van der Waals surface area (Å²) in [7, 11) is 2.06. The first-order valence-corrected chi connectivity index (χ1v) is 6.08. The molecule has 0 aliphatic heterocycles. The zero-order valence-corrected chi connectivity index (χ0v) is 9.55. The first-order valence-electron chi connectivity index (χ1n) is 5.24. The van der Waals surface area contributed by atoms with Gasteiger partial charge in [0.05, 0.1) is 5.69 Å². The minimum Gasteiger partial charge on any atom is -0.317 e. The Balaban J connectivity index is 1.94.